The van der Waals surface area contributed by atoms with E-state index in [-0.39, 0.29) is 12.3 Å². The van der Waals surface area contributed by atoms with E-state index >= 15 is 0 Å². The van der Waals surface area contributed by atoms with Crippen LogP contribution in [0.15, 0.2) is 5.38 Å². The van der Waals surface area contributed by atoms with Gasteiger partial charge < -0.3 is 5.73 Å². The van der Waals surface area contributed by atoms with Crippen LogP contribution in [0.5, 0.6) is 0 Å². The zero-order chi connectivity index (χ0) is 13.9. The van der Waals surface area contributed by atoms with Crippen LogP contribution in [0.3, 0.4) is 0 Å². The Bertz CT molecular complexity index is 471. The van der Waals surface area contributed by atoms with Gasteiger partial charge in [-0.05, 0) is 17.9 Å². The summed E-state index contributed by atoms with van der Waals surface area (Å²) in [5.74, 6) is -0.0654. The molecule has 18 heavy (non-hydrogen) atoms. The van der Waals surface area contributed by atoms with E-state index < -0.39 is 11.4 Å². The summed E-state index contributed by atoms with van der Waals surface area (Å²) in [5, 5.41) is 2.35. The van der Waals surface area contributed by atoms with Gasteiger partial charge in [-0.2, -0.15) is 0 Å². The lowest BCUT2D eigenvalue weighted by atomic mass is 9.87. The Morgan fingerprint density at radius 1 is 1.50 bits per heavy atom. The van der Waals surface area contributed by atoms with Crippen molar-refractivity contribution in [1.29, 1.82) is 0 Å². The molecule has 0 aliphatic heterocycles. The van der Waals surface area contributed by atoms with Crippen molar-refractivity contribution in [3.63, 3.8) is 0 Å². The SMILES string of the molecule is Cc1csc(C(=O)C(C)(C)CNNC(N)=O)c1Cl. The first kappa shape index (κ1) is 14.9. The van der Waals surface area contributed by atoms with Gasteiger partial charge >= 0.3 is 6.03 Å². The molecule has 0 radical (unpaired) electrons. The van der Waals surface area contributed by atoms with Crippen LogP contribution in [0, 0.1) is 12.3 Å². The van der Waals surface area contributed by atoms with Gasteiger partial charge in [-0.15, -0.1) is 11.3 Å². The van der Waals surface area contributed by atoms with E-state index in [2.05, 4.69) is 10.9 Å². The zero-order valence-corrected chi connectivity index (χ0v) is 12.0. The second-order valence-electron chi connectivity index (χ2n) is 4.62. The number of rotatable bonds is 5. The van der Waals surface area contributed by atoms with Gasteiger partial charge in [0.25, 0.3) is 0 Å². The molecule has 7 heteroatoms. The van der Waals surface area contributed by atoms with Crippen molar-refractivity contribution < 1.29 is 9.59 Å². The molecule has 0 aliphatic rings. The summed E-state index contributed by atoms with van der Waals surface area (Å²) in [6, 6.07) is -0.691. The highest BCUT2D eigenvalue weighted by Gasteiger charge is 2.31. The molecule has 100 valence electrons. The van der Waals surface area contributed by atoms with E-state index in [1.165, 1.54) is 11.3 Å². The van der Waals surface area contributed by atoms with Gasteiger partial charge in [0, 0.05) is 12.0 Å². The Balaban J connectivity index is 2.75. The largest absolute Gasteiger partial charge is 0.351 e. The lowest BCUT2D eigenvalue weighted by Gasteiger charge is -2.23. The molecule has 4 N–H and O–H groups in total. The number of Topliss-reactive ketones (excluding diaryl/α,β-unsaturated/α-hetero) is 1. The van der Waals surface area contributed by atoms with Crippen molar-refractivity contribution in [2.24, 2.45) is 11.1 Å². The summed E-state index contributed by atoms with van der Waals surface area (Å²) in [6.45, 7) is 5.67. The fraction of sp³-hybridized carbons (Fsp3) is 0.455. The normalized spacial score (nSPS) is 11.3. The van der Waals surface area contributed by atoms with Crippen molar-refractivity contribution in [2.45, 2.75) is 20.8 Å². The molecular formula is C11H16ClN3O2S. The Labute approximate surface area is 115 Å². The van der Waals surface area contributed by atoms with Gasteiger partial charge in [-0.3, -0.25) is 10.2 Å². The number of ketones is 1. The predicted octanol–water partition coefficient (Wildman–Crippen LogP) is 2.09. The molecule has 1 rings (SSSR count). The van der Waals surface area contributed by atoms with Crippen LogP contribution in [0.2, 0.25) is 5.02 Å². The van der Waals surface area contributed by atoms with Crippen molar-refractivity contribution in [1.82, 2.24) is 10.9 Å². The van der Waals surface area contributed by atoms with Crippen molar-refractivity contribution in [3.8, 4) is 0 Å². The number of nitrogens with one attached hydrogen (secondary N) is 2. The zero-order valence-electron chi connectivity index (χ0n) is 10.5. The average Bonchev–Trinajstić information content (AvgIpc) is 2.58. The second kappa shape index (κ2) is 5.69. The minimum Gasteiger partial charge on any atom is -0.351 e. The number of primary amides is 1. The highest BCUT2D eigenvalue weighted by Crippen LogP contribution is 2.32. The molecule has 0 fully saturated rings. The summed E-state index contributed by atoms with van der Waals surface area (Å²) < 4.78 is 0. The number of hydrazine groups is 1. The summed E-state index contributed by atoms with van der Waals surface area (Å²) in [4.78, 5) is 23.4. The molecule has 0 spiro atoms. The third kappa shape index (κ3) is 3.44. The van der Waals surface area contributed by atoms with E-state index in [1.54, 1.807) is 13.8 Å². The number of halogens is 1. The van der Waals surface area contributed by atoms with Crippen LogP contribution in [-0.2, 0) is 0 Å². The Kier molecular flexibility index (Phi) is 4.72. The lowest BCUT2D eigenvalue weighted by molar-refractivity contribution is 0.0837. The molecule has 0 atom stereocenters. The summed E-state index contributed by atoms with van der Waals surface area (Å²) in [7, 11) is 0. The number of thiophene rings is 1. The molecule has 0 bridgehead atoms. The molecule has 5 nitrogen and oxygen atoms in total. The van der Waals surface area contributed by atoms with Crippen LogP contribution >= 0.6 is 22.9 Å². The number of carbonyl (C=O) groups excluding carboxylic acids is 2. The van der Waals surface area contributed by atoms with Crippen LogP contribution in [0.25, 0.3) is 0 Å². The molecule has 2 amide bonds. The topological polar surface area (TPSA) is 84.2 Å². The maximum Gasteiger partial charge on any atom is 0.326 e. The van der Waals surface area contributed by atoms with Crippen LogP contribution < -0.4 is 16.6 Å². The standard InChI is InChI=1S/C11H16ClN3O2S/c1-6-4-18-8(7(6)12)9(16)11(2,3)5-14-15-10(13)17/h4,14H,5H2,1-3H3,(H3,13,15,17). The summed E-state index contributed by atoms with van der Waals surface area (Å²) >= 11 is 7.40. The fourth-order valence-electron chi connectivity index (χ4n) is 1.32. The van der Waals surface area contributed by atoms with Gasteiger partial charge in [0.15, 0.2) is 5.78 Å². The molecule has 0 aromatic carbocycles. The van der Waals surface area contributed by atoms with Gasteiger partial charge in [0.1, 0.15) is 0 Å². The minimum absolute atomic E-state index is 0.0654. The van der Waals surface area contributed by atoms with Gasteiger partial charge in [-0.25, -0.2) is 10.2 Å². The van der Waals surface area contributed by atoms with E-state index in [0.717, 1.165) is 5.56 Å². The maximum absolute atomic E-state index is 12.3. The maximum atomic E-state index is 12.3. The summed E-state index contributed by atoms with van der Waals surface area (Å²) in [5.41, 5.74) is 9.97. The first-order valence-corrected chi connectivity index (χ1v) is 6.58. The smallest absolute Gasteiger partial charge is 0.326 e. The Hall–Kier alpha value is -1.11. The molecular weight excluding hydrogens is 274 g/mol. The molecule has 1 heterocycles. The average molecular weight is 290 g/mol. The molecule has 0 saturated heterocycles. The van der Waals surface area contributed by atoms with Crippen LogP contribution in [0.1, 0.15) is 29.1 Å². The van der Waals surface area contributed by atoms with Crippen molar-refractivity contribution in [2.75, 3.05) is 6.54 Å². The predicted molar refractivity (Wildman–Crippen MR) is 72.9 cm³/mol. The Morgan fingerprint density at radius 3 is 2.56 bits per heavy atom. The molecule has 1 aromatic rings. The Morgan fingerprint density at radius 2 is 2.11 bits per heavy atom. The monoisotopic (exact) mass is 289 g/mol. The number of hydrogen-bond donors (Lipinski definition) is 3. The van der Waals surface area contributed by atoms with E-state index in [1.807, 2.05) is 12.3 Å². The fourth-order valence-corrected chi connectivity index (χ4v) is 2.72. The van der Waals surface area contributed by atoms with Gasteiger partial charge in [0.2, 0.25) is 0 Å². The molecule has 1 aromatic heterocycles. The quantitative estimate of drug-likeness (QED) is 0.573. The van der Waals surface area contributed by atoms with Gasteiger partial charge in [-0.1, -0.05) is 25.4 Å². The number of carbonyl (C=O) groups is 2. The number of amides is 2. The number of hydrogen-bond acceptors (Lipinski definition) is 4. The third-order valence-corrected chi connectivity index (χ3v) is 4.16. The second-order valence-corrected chi connectivity index (χ2v) is 5.88. The first-order valence-electron chi connectivity index (χ1n) is 5.32. The minimum atomic E-state index is -0.691. The highest BCUT2D eigenvalue weighted by atomic mass is 35.5. The van der Waals surface area contributed by atoms with Gasteiger partial charge in [0.05, 0.1) is 9.90 Å². The lowest BCUT2D eigenvalue weighted by Crippen LogP contribution is -2.47. The van der Waals surface area contributed by atoms with Crippen LogP contribution in [0.4, 0.5) is 4.79 Å². The van der Waals surface area contributed by atoms with E-state index in [4.69, 9.17) is 17.3 Å². The first-order chi connectivity index (χ1) is 8.25. The number of urea groups is 1. The van der Waals surface area contributed by atoms with E-state index in [9.17, 15) is 9.59 Å². The van der Waals surface area contributed by atoms with Crippen molar-refractivity contribution >= 4 is 34.8 Å². The number of nitrogens with two attached hydrogens (primary N) is 1. The molecule has 0 aliphatic carbocycles. The van der Waals surface area contributed by atoms with Crippen LogP contribution in [-0.4, -0.2) is 18.4 Å². The van der Waals surface area contributed by atoms with Crippen molar-refractivity contribution in [3.05, 3.63) is 20.8 Å². The molecule has 0 unspecified atom stereocenters. The molecule has 0 saturated carbocycles. The van der Waals surface area contributed by atoms with E-state index in [0.29, 0.717) is 9.90 Å². The third-order valence-electron chi connectivity index (χ3n) is 2.46. The number of aryl methyl sites for hydroxylation is 1. The highest BCUT2D eigenvalue weighted by molar-refractivity contribution is 7.13. The summed E-state index contributed by atoms with van der Waals surface area (Å²) in [6.07, 6.45) is 0.